The average Bonchev–Trinajstić information content (AvgIpc) is 3.04. The Balaban J connectivity index is 1.63. The number of aliphatic hydroxyl groups excluding tert-OH is 1. The summed E-state index contributed by atoms with van der Waals surface area (Å²) in [5.74, 6) is -0.161. The molecule has 2 aromatic carbocycles. The van der Waals surface area contributed by atoms with Gasteiger partial charge in [0.1, 0.15) is 0 Å². The van der Waals surface area contributed by atoms with Gasteiger partial charge in [0.25, 0.3) is 0 Å². The lowest BCUT2D eigenvalue weighted by Gasteiger charge is -2.18. The zero-order chi connectivity index (χ0) is 17.8. The van der Waals surface area contributed by atoms with E-state index in [1.165, 1.54) is 5.56 Å². The van der Waals surface area contributed by atoms with Crippen molar-refractivity contribution in [1.29, 1.82) is 0 Å². The van der Waals surface area contributed by atoms with Gasteiger partial charge < -0.3 is 21.1 Å². The highest BCUT2D eigenvalue weighted by Gasteiger charge is 2.28. The van der Waals surface area contributed by atoms with Crippen molar-refractivity contribution in [2.75, 3.05) is 17.2 Å². The molecule has 4 N–H and O–H groups in total. The van der Waals surface area contributed by atoms with Crippen LogP contribution in [0.25, 0.3) is 0 Å². The molecule has 132 valence electrons. The van der Waals surface area contributed by atoms with Crippen LogP contribution >= 0.6 is 11.6 Å². The van der Waals surface area contributed by atoms with Crippen molar-refractivity contribution in [2.45, 2.75) is 31.5 Å². The number of hydrogen-bond donors (Lipinski definition) is 4. The third-order valence-corrected chi connectivity index (χ3v) is 4.65. The number of amides is 1. The first-order valence-corrected chi connectivity index (χ1v) is 8.74. The Morgan fingerprint density at radius 1 is 1.28 bits per heavy atom. The summed E-state index contributed by atoms with van der Waals surface area (Å²) in [6.45, 7) is 2.51. The molecule has 1 heterocycles. The molecule has 1 aliphatic rings. The Bertz CT molecular complexity index is 739. The molecule has 3 unspecified atom stereocenters. The molecule has 6 heteroatoms. The fourth-order valence-corrected chi connectivity index (χ4v) is 3.15. The summed E-state index contributed by atoms with van der Waals surface area (Å²) in [4.78, 5) is 12.2. The van der Waals surface area contributed by atoms with E-state index in [1.54, 1.807) is 6.07 Å². The molecule has 0 spiro atoms. The fourth-order valence-electron chi connectivity index (χ4n) is 2.91. The van der Waals surface area contributed by atoms with Gasteiger partial charge in [-0.3, -0.25) is 4.79 Å². The van der Waals surface area contributed by atoms with Crippen molar-refractivity contribution >= 4 is 28.9 Å². The Labute approximate surface area is 152 Å². The average molecular weight is 360 g/mol. The molecule has 0 bridgehead atoms. The Kier molecular flexibility index (Phi) is 5.58. The monoisotopic (exact) mass is 359 g/mol. The van der Waals surface area contributed by atoms with Crippen LogP contribution in [0.4, 0.5) is 11.4 Å². The SMILES string of the molecule is CC(Nc1ccc(NC(=O)C2CC(O)CN2)cc1Cl)c1ccccc1. The van der Waals surface area contributed by atoms with Gasteiger partial charge in [-0.15, -0.1) is 0 Å². The minimum absolute atomic E-state index is 0.114. The smallest absolute Gasteiger partial charge is 0.241 e. The van der Waals surface area contributed by atoms with E-state index in [9.17, 15) is 9.90 Å². The second kappa shape index (κ2) is 7.87. The maximum absolute atomic E-state index is 12.2. The highest BCUT2D eigenvalue weighted by molar-refractivity contribution is 6.33. The summed E-state index contributed by atoms with van der Waals surface area (Å²) in [5.41, 5.74) is 2.61. The maximum atomic E-state index is 12.2. The van der Waals surface area contributed by atoms with Crippen LogP contribution < -0.4 is 16.0 Å². The molecule has 0 radical (unpaired) electrons. The van der Waals surface area contributed by atoms with Crippen molar-refractivity contribution < 1.29 is 9.90 Å². The summed E-state index contributed by atoms with van der Waals surface area (Å²) in [6.07, 6.45) is -0.0428. The summed E-state index contributed by atoms with van der Waals surface area (Å²) >= 11 is 6.36. The second-order valence-corrected chi connectivity index (χ2v) is 6.72. The Morgan fingerprint density at radius 3 is 2.68 bits per heavy atom. The predicted molar refractivity (Wildman–Crippen MR) is 101 cm³/mol. The molecule has 1 amide bonds. The molecule has 3 rings (SSSR count). The third kappa shape index (κ3) is 4.51. The van der Waals surface area contributed by atoms with Gasteiger partial charge in [-0.25, -0.2) is 0 Å². The van der Waals surface area contributed by atoms with Crippen LogP contribution in [0, 0.1) is 0 Å². The molecular formula is C19H22ClN3O2. The zero-order valence-corrected chi connectivity index (χ0v) is 14.8. The van der Waals surface area contributed by atoms with Gasteiger partial charge in [-0.2, -0.15) is 0 Å². The quantitative estimate of drug-likeness (QED) is 0.661. The number of anilines is 2. The summed E-state index contributed by atoms with van der Waals surface area (Å²) in [7, 11) is 0. The van der Waals surface area contributed by atoms with Gasteiger partial charge >= 0.3 is 0 Å². The minimum Gasteiger partial charge on any atom is -0.392 e. The van der Waals surface area contributed by atoms with Gasteiger partial charge in [-0.05, 0) is 37.1 Å². The van der Waals surface area contributed by atoms with Crippen molar-refractivity contribution in [3.05, 3.63) is 59.1 Å². The van der Waals surface area contributed by atoms with Gasteiger partial charge in [0, 0.05) is 18.3 Å². The van der Waals surface area contributed by atoms with Crippen LogP contribution in [-0.4, -0.2) is 29.7 Å². The number of β-amino-alcohol motifs (C(OH)–C–C–N with tert-alkyl or cyclic N) is 1. The minimum atomic E-state index is -0.467. The van der Waals surface area contributed by atoms with Crippen LogP contribution in [-0.2, 0) is 4.79 Å². The number of carbonyl (C=O) groups is 1. The maximum Gasteiger partial charge on any atom is 0.241 e. The second-order valence-electron chi connectivity index (χ2n) is 6.31. The number of benzene rings is 2. The molecule has 0 saturated carbocycles. The van der Waals surface area contributed by atoms with E-state index in [0.29, 0.717) is 23.7 Å². The van der Waals surface area contributed by atoms with E-state index in [1.807, 2.05) is 30.3 Å². The van der Waals surface area contributed by atoms with Crippen LogP contribution in [0.15, 0.2) is 48.5 Å². The predicted octanol–water partition coefficient (Wildman–Crippen LogP) is 3.17. The Morgan fingerprint density at radius 2 is 2.04 bits per heavy atom. The van der Waals surface area contributed by atoms with Gasteiger partial charge in [0.15, 0.2) is 0 Å². The van der Waals surface area contributed by atoms with Crippen LogP contribution in [0.2, 0.25) is 5.02 Å². The third-order valence-electron chi connectivity index (χ3n) is 4.33. The van der Waals surface area contributed by atoms with Gasteiger partial charge in [-0.1, -0.05) is 41.9 Å². The van der Waals surface area contributed by atoms with Crippen molar-refractivity contribution in [3.63, 3.8) is 0 Å². The largest absolute Gasteiger partial charge is 0.392 e. The number of nitrogens with one attached hydrogen (secondary N) is 3. The number of aliphatic hydroxyl groups is 1. The number of hydrogen-bond acceptors (Lipinski definition) is 4. The lowest BCUT2D eigenvalue weighted by atomic mass is 10.1. The zero-order valence-electron chi connectivity index (χ0n) is 14.0. The molecule has 25 heavy (non-hydrogen) atoms. The van der Waals surface area contributed by atoms with Gasteiger partial charge in [0.05, 0.1) is 22.9 Å². The molecular weight excluding hydrogens is 338 g/mol. The van der Waals surface area contributed by atoms with Crippen molar-refractivity contribution in [3.8, 4) is 0 Å². The molecule has 2 aromatic rings. The van der Waals surface area contributed by atoms with Crippen molar-refractivity contribution in [1.82, 2.24) is 5.32 Å². The van der Waals surface area contributed by atoms with Crippen LogP contribution in [0.3, 0.4) is 0 Å². The van der Waals surface area contributed by atoms with E-state index in [2.05, 4.69) is 35.0 Å². The Hall–Kier alpha value is -2.08. The normalized spacial score (nSPS) is 20.9. The molecule has 0 aliphatic carbocycles. The first kappa shape index (κ1) is 17.7. The van der Waals surface area contributed by atoms with E-state index in [0.717, 1.165) is 5.69 Å². The van der Waals surface area contributed by atoms with Crippen molar-refractivity contribution in [2.24, 2.45) is 0 Å². The molecule has 3 atom stereocenters. The molecule has 5 nitrogen and oxygen atoms in total. The summed E-state index contributed by atoms with van der Waals surface area (Å²) in [5, 5.41) is 19.2. The lowest BCUT2D eigenvalue weighted by Crippen LogP contribution is -2.35. The number of carbonyl (C=O) groups excluding carboxylic acids is 1. The lowest BCUT2D eigenvalue weighted by molar-refractivity contribution is -0.117. The molecule has 1 fully saturated rings. The number of halogens is 1. The first-order chi connectivity index (χ1) is 12.0. The molecule has 0 aromatic heterocycles. The van der Waals surface area contributed by atoms with E-state index < -0.39 is 6.10 Å². The number of rotatable bonds is 5. The summed E-state index contributed by atoms with van der Waals surface area (Å²) < 4.78 is 0. The van der Waals surface area contributed by atoms with Crippen LogP contribution in [0.1, 0.15) is 24.9 Å². The van der Waals surface area contributed by atoms with E-state index in [4.69, 9.17) is 11.6 Å². The summed E-state index contributed by atoms with van der Waals surface area (Å²) in [6, 6.07) is 15.2. The van der Waals surface area contributed by atoms with E-state index in [-0.39, 0.29) is 18.0 Å². The van der Waals surface area contributed by atoms with Crippen LogP contribution in [0.5, 0.6) is 0 Å². The first-order valence-electron chi connectivity index (χ1n) is 8.36. The fraction of sp³-hybridized carbons (Fsp3) is 0.316. The van der Waals surface area contributed by atoms with Gasteiger partial charge in [0.2, 0.25) is 5.91 Å². The topological polar surface area (TPSA) is 73.4 Å². The van der Waals surface area contributed by atoms with E-state index >= 15 is 0 Å². The molecule has 1 aliphatic heterocycles. The standard InChI is InChI=1S/C19H22ClN3O2/c1-12(13-5-3-2-4-6-13)22-17-8-7-14(9-16(17)20)23-19(25)18-10-15(24)11-21-18/h2-9,12,15,18,21-22,24H,10-11H2,1H3,(H,23,25). The highest BCUT2D eigenvalue weighted by Crippen LogP contribution is 2.29. The molecule has 1 saturated heterocycles. The highest BCUT2D eigenvalue weighted by atomic mass is 35.5.